The van der Waals surface area contributed by atoms with Crippen molar-refractivity contribution in [3.05, 3.63) is 52.9 Å². The molecule has 1 atom stereocenters. The molecule has 27 heavy (non-hydrogen) atoms. The van der Waals surface area contributed by atoms with Gasteiger partial charge in [-0.2, -0.15) is 9.49 Å². The number of halogens is 1. The Labute approximate surface area is 160 Å². The van der Waals surface area contributed by atoms with Gasteiger partial charge in [0.25, 0.3) is 5.91 Å². The van der Waals surface area contributed by atoms with Crippen LogP contribution in [0.2, 0.25) is 0 Å². The highest BCUT2D eigenvalue weighted by molar-refractivity contribution is 7.19. The molecule has 6 nitrogen and oxygen atoms in total. The van der Waals surface area contributed by atoms with Crippen LogP contribution in [-0.2, 0) is 4.79 Å². The summed E-state index contributed by atoms with van der Waals surface area (Å²) >= 11 is 1.60. The molecule has 1 unspecified atom stereocenters. The van der Waals surface area contributed by atoms with Crippen molar-refractivity contribution in [2.45, 2.75) is 32.2 Å². The molecule has 0 saturated carbocycles. The largest absolute Gasteiger partial charge is 0.353 e. The first kappa shape index (κ1) is 19.0. The maximum atomic E-state index is 12.9. The van der Waals surface area contributed by atoms with Crippen LogP contribution in [0.4, 0.5) is 4.39 Å². The number of aromatic amines is 1. The van der Waals surface area contributed by atoms with Crippen LogP contribution in [0.15, 0.2) is 36.4 Å². The summed E-state index contributed by atoms with van der Waals surface area (Å²) in [6.45, 7) is 5.65. The minimum absolute atomic E-state index is 0.0365. The van der Waals surface area contributed by atoms with Gasteiger partial charge in [0.2, 0.25) is 11.9 Å². The van der Waals surface area contributed by atoms with Gasteiger partial charge in [-0.25, -0.2) is 0 Å². The van der Waals surface area contributed by atoms with E-state index in [2.05, 4.69) is 20.8 Å². The topological polar surface area (TPSA) is 86.9 Å². The molecule has 0 radical (unpaired) electrons. The molecule has 2 aromatic heterocycles. The van der Waals surface area contributed by atoms with Crippen molar-refractivity contribution in [3.63, 3.8) is 0 Å². The Morgan fingerprint density at radius 2 is 2.04 bits per heavy atom. The Hall–Kier alpha value is -2.74. The van der Waals surface area contributed by atoms with Crippen molar-refractivity contribution in [2.75, 3.05) is 6.54 Å². The fourth-order valence-electron chi connectivity index (χ4n) is 2.64. The predicted octanol–water partition coefficient (Wildman–Crippen LogP) is 3.19. The van der Waals surface area contributed by atoms with Gasteiger partial charge in [-0.3, -0.25) is 14.7 Å². The Kier molecular flexibility index (Phi) is 5.27. The first-order valence-corrected chi connectivity index (χ1v) is 9.36. The Morgan fingerprint density at radius 3 is 2.70 bits per heavy atom. The van der Waals surface area contributed by atoms with Crippen LogP contribution in [0, 0.1) is 5.95 Å². The van der Waals surface area contributed by atoms with Gasteiger partial charge in [-0.15, -0.1) is 11.3 Å². The minimum atomic E-state index is -0.720. The number of fused-ring (bicyclic) bond motifs is 1. The standard InChI is InChI=1S/C19H21FN4O2S/c1-11(15-8-12-6-4-5-7-14(12)27-15)17(25)21-10-19(2,3)22-18(26)13-9-16(20)24-23-13/h4-9,11H,10H2,1-3H3,(H,21,25)(H,22,26)(H,23,24). The Balaban J connectivity index is 1.59. The van der Waals surface area contributed by atoms with E-state index in [0.29, 0.717) is 0 Å². The molecular weight excluding hydrogens is 367 g/mol. The molecule has 0 aliphatic heterocycles. The van der Waals surface area contributed by atoms with Crippen LogP contribution in [0.5, 0.6) is 0 Å². The molecule has 0 bridgehead atoms. The van der Waals surface area contributed by atoms with Gasteiger partial charge in [0.15, 0.2) is 5.69 Å². The smallest absolute Gasteiger partial charge is 0.272 e. The molecule has 0 fully saturated rings. The highest BCUT2D eigenvalue weighted by Gasteiger charge is 2.25. The minimum Gasteiger partial charge on any atom is -0.353 e. The third kappa shape index (κ3) is 4.51. The molecule has 0 aliphatic rings. The molecule has 3 aromatic rings. The zero-order valence-corrected chi connectivity index (χ0v) is 16.1. The third-order valence-electron chi connectivity index (χ3n) is 4.20. The third-order valence-corrected chi connectivity index (χ3v) is 5.50. The van der Waals surface area contributed by atoms with Gasteiger partial charge < -0.3 is 10.6 Å². The van der Waals surface area contributed by atoms with E-state index >= 15 is 0 Å². The normalized spacial score (nSPS) is 12.7. The highest BCUT2D eigenvalue weighted by atomic mass is 32.1. The number of rotatable bonds is 6. The lowest BCUT2D eigenvalue weighted by Gasteiger charge is -2.26. The molecule has 2 amide bonds. The lowest BCUT2D eigenvalue weighted by atomic mass is 10.0. The molecule has 3 N–H and O–H groups in total. The number of nitrogens with one attached hydrogen (secondary N) is 3. The number of aromatic nitrogens is 2. The van der Waals surface area contributed by atoms with Gasteiger partial charge in [-0.1, -0.05) is 18.2 Å². The zero-order valence-electron chi connectivity index (χ0n) is 15.3. The van der Waals surface area contributed by atoms with E-state index in [0.717, 1.165) is 21.0 Å². The van der Waals surface area contributed by atoms with E-state index in [9.17, 15) is 14.0 Å². The number of carbonyl (C=O) groups excluding carboxylic acids is 2. The average Bonchev–Trinajstić information content (AvgIpc) is 3.24. The van der Waals surface area contributed by atoms with Gasteiger partial charge >= 0.3 is 0 Å². The Bertz CT molecular complexity index is 946. The monoisotopic (exact) mass is 388 g/mol. The highest BCUT2D eigenvalue weighted by Crippen LogP contribution is 2.30. The van der Waals surface area contributed by atoms with Gasteiger partial charge in [0.05, 0.1) is 11.5 Å². The summed E-state index contributed by atoms with van der Waals surface area (Å²) in [4.78, 5) is 25.6. The SMILES string of the molecule is CC(C(=O)NCC(C)(C)NC(=O)c1cc(F)[nH]n1)c1cc2ccccc2s1. The molecule has 0 saturated heterocycles. The second-order valence-electron chi connectivity index (χ2n) is 7.07. The number of thiophene rings is 1. The van der Waals surface area contributed by atoms with Crippen molar-refractivity contribution in [2.24, 2.45) is 0 Å². The number of carbonyl (C=O) groups is 2. The van der Waals surface area contributed by atoms with Gasteiger partial charge in [0, 0.05) is 22.2 Å². The summed E-state index contributed by atoms with van der Waals surface area (Å²) in [5.41, 5.74) is -0.757. The maximum absolute atomic E-state index is 12.9. The number of H-pyrrole nitrogens is 1. The molecule has 2 heterocycles. The Morgan fingerprint density at radius 1 is 1.30 bits per heavy atom. The van der Waals surface area contributed by atoms with Crippen molar-refractivity contribution < 1.29 is 14.0 Å². The first-order valence-electron chi connectivity index (χ1n) is 8.55. The molecule has 0 spiro atoms. The van der Waals surface area contributed by atoms with Crippen molar-refractivity contribution >= 4 is 33.2 Å². The summed E-state index contributed by atoms with van der Waals surface area (Å²) in [5.74, 6) is -1.60. The zero-order chi connectivity index (χ0) is 19.6. The van der Waals surface area contributed by atoms with Crippen LogP contribution in [-0.4, -0.2) is 34.1 Å². The lowest BCUT2D eigenvalue weighted by molar-refractivity contribution is -0.122. The summed E-state index contributed by atoms with van der Waals surface area (Å²) in [5, 5.41) is 12.4. The van der Waals surface area contributed by atoms with Crippen LogP contribution < -0.4 is 10.6 Å². The summed E-state index contributed by atoms with van der Waals surface area (Å²) in [6, 6.07) is 11.1. The predicted molar refractivity (Wildman–Crippen MR) is 103 cm³/mol. The van der Waals surface area contributed by atoms with E-state index in [1.807, 2.05) is 37.3 Å². The second kappa shape index (κ2) is 7.48. The van der Waals surface area contributed by atoms with Crippen molar-refractivity contribution in [1.82, 2.24) is 20.8 Å². The van der Waals surface area contributed by atoms with Gasteiger partial charge in [0.1, 0.15) is 0 Å². The van der Waals surface area contributed by atoms with Crippen LogP contribution in [0.25, 0.3) is 10.1 Å². The van der Waals surface area contributed by atoms with Crippen molar-refractivity contribution in [1.29, 1.82) is 0 Å². The second-order valence-corrected chi connectivity index (χ2v) is 8.18. The lowest BCUT2D eigenvalue weighted by Crippen LogP contribution is -2.52. The number of amides is 2. The molecule has 142 valence electrons. The number of nitrogens with zero attached hydrogens (tertiary/aromatic N) is 1. The van der Waals surface area contributed by atoms with Crippen LogP contribution >= 0.6 is 11.3 Å². The molecule has 8 heteroatoms. The summed E-state index contributed by atoms with van der Waals surface area (Å²) in [6.07, 6.45) is 0. The first-order chi connectivity index (χ1) is 12.7. The van der Waals surface area contributed by atoms with E-state index in [4.69, 9.17) is 0 Å². The fraction of sp³-hybridized carbons (Fsp3) is 0.316. The van der Waals surface area contributed by atoms with Crippen molar-refractivity contribution in [3.8, 4) is 0 Å². The van der Waals surface area contributed by atoms with E-state index in [-0.39, 0.29) is 24.1 Å². The maximum Gasteiger partial charge on any atom is 0.272 e. The van der Waals surface area contributed by atoms with E-state index < -0.39 is 17.4 Å². The molecule has 0 aliphatic carbocycles. The summed E-state index contributed by atoms with van der Waals surface area (Å²) in [7, 11) is 0. The molecule has 3 rings (SSSR count). The number of hydrogen-bond acceptors (Lipinski definition) is 4. The van der Waals surface area contributed by atoms with E-state index in [1.54, 1.807) is 25.2 Å². The van der Waals surface area contributed by atoms with E-state index in [1.165, 1.54) is 0 Å². The van der Waals surface area contributed by atoms with Crippen LogP contribution in [0.3, 0.4) is 0 Å². The number of benzene rings is 1. The summed E-state index contributed by atoms with van der Waals surface area (Å²) < 4.78 is 14.1. The quantitative estimate of drug-likeness (QED) is 0.606. The number of hydrogen-bond donors (Lipinski definition) is 3. The fourth-order valence-corrected chi connectivity index (χ4v) is 3.75. The average molecular weight is 388 g/mol. The van der Waals surface area contributed by atoms with Gasteiger partial charge in [-0.05, 0) is 38.3 Å². The van der Waals surface area contributed by atoms with Crippen LogP contribution in [0.1, 0.15) is 42.1 Å². The molecular formula is C19H21FN4O2S. The molecule has 1 aromatic carbocycles.